The van der Waals surface area contributed by atoms with E-state index in [9.17, 15) is 14.0 Å². The molecule has 1 aromatic heterocycles. The van der Waals surface area contributed by atoms with Gasteiger partial charge in [0.15, 0.2) is 0 Å². The number of carbonyl (C=O) groups excluding carboxylic acids is 1. The zero-order valence-corrected chi connectivity index (χ0v) is 15.4. The lowest BCUT2D eigenvalue weighted by Crippen LogP contribution is -2.36. The summed E-state index contributed by atoms with van der Waals surface area (Å²) in [7, 11) is 1.49. The minimum Gasteiger partial charge on any atom is -0.481 e. The molecule has 0 aliphatic heterocycles. The maximum Gasteiger partial charge on any atom is 0.305 e. The summed E-state index contributed by atoms with van der Waals surface area (Å²) in [4.78, 5) is 25.9. The number of ether oxygens (including phenoxy) is 1. The molecule has 2 rings (SSSR count). The van der Waals surface area contributed by atoms with Crippen LogP contribution in [0, 0.1) is 11.7 Å². The van der Waals surface area contributed by atoms with Crippen molar-refractivity contribution in [3.05, 3.63) is 34.5 Å². The molecule has 1 amide bonds. The first kappa shape index (κ1) is 19.3. The average molecular weight is 367 g/mol. The van der Waals surface area contributed by atoms with E-state index in [0.717, 1.165) is 0 Å². The largest absolute Gasteiger partial charge is 0.481 e. The third kappa shape index (κ3) is 4.55. The Morgan fingerprint density at radius 3 is 2.68 bits per heavy atom. The van der Waals surface area contributed by atoms with Crippen molar-refractivity contribution in [3.8, 4) is 0 Å². The third-order valence-corrected chi connectivity index (χ3v) is 4.90. The molecule has 0 atom stereocenters. The minimum atomic E-state index is -0.957. The van der Waals surface area contributed by atoms with E-state index in [1.165, 1.54) is 29.4 Å². The Balaban J connectivity index is 2.45. The van der Waals surface area contributed by atoms with Crippen LogP contribution in [0.4, 0.5) is 4.39 Å². The first-order chi connectivity index (χ1) is 11.8. The van der Waals surface area contributed by atoms with E-state index in [0.29, 0.717) is 27.1 Å². The smallest absolute Gasteiger partial charge is 0.305 e. The minimum absolute atomic E-state index is 0.121. The number of fused-ring (bicyclic) bond motifs is 1. The van der Waals surface area contributed by atoms with Crippen molar-refractivity contribution in [1.82, 2.24) is 4.90 Å². The van der Waals surface area contributed by atoms with Gasteiger partial charge in [0.25, 0.3) is 5.91 Å². The highest BCUT2D eigenvalue weighted by atomic mass is 32.1. The first-order valence-corrected chi connectivity index (χ1v) is 8.86. The van der Waals surface area contributed by atoms with Gasteiger partial charge in [-0.15, -0.1) is 11.3 Å². The molecule has 0 fully saturated rings. The van der Waals surface area contributed by atoms with Gasteiger partial charge in [0.05, 0.1) is 17.9 Å². The molecule has 1 N–H and O–H groups in total. The second-order valence-corrected chi connectivity index (χ2v) is 7.30. The first-order valence-electron chi connectivity index (χ1n) is 8.05. The summed E-state index contributed by atoms with van der Waals surface area (Å²) >= 11 is 1.22. The van der Waals surface area contributed by atoms with Crippen LogP contribution in [0.5, 0.6) is 0 Å². The molecule has 0 aliphatic rings. The molecule has 0 saturated carbocycles. The maximum absolute atomic E-state index is 14.3. The van der Waals surface area contributed by atoms with Gasteiger partial charge in [-0.3, -0.25) is 9.59 Å². The number of carboxylic acid groups (broad SMARTS) is 1. The van der Waals surface area contributed by atoms with Crippen LogP contribution < -0.4 is 0 Å². The van der Waals surface area contributed by atoms with E-state index >= 15 is 0 Å². The summed E-state index contributed by atoms with van der Waals surface area (Å²) in [6, 6.07) is 4.73. The van der Waals surface area contributed by atoms with E-state index in [2.05, 4.69) is 0 Å². The Labute approximate surface area is 150 Å². The molecule has 2 aromatic rings. The van der Waals surface area contributed by atoms with Gasteiger partial charge in [0.1, 0.15) is 5.82 Å². The number of carboxylic acids is 1. The molecule has 1 aromatic carbocycles. The van der Waals surface area contributed by atoms with Crippen LogP contribution in [0.2, 0.25) is 0 Å². The molecular weight excluding hydrogens is 345 g/mol. The van der Waals surface area contributed by atoms with Crippen molar-refractivity contribution < 1.29 is 23.8 Å². The van der Waals surface area contributed by atoms with Gasteiger partial charge in [-0.05, 0) is 18.1 Å². The molecule has 0 bridgehead atoms. The molecule has 1 heterocycles. The van der Waals surface area contributed by atoms with Crippen LogP contribution in [-0.4, -0.2) is 42.1 Å². The number of rotatable bonds is 8. The fraction of sp³-hybridized carbons (Fsp3) is 0.444. The van der Waals surface area contributed by atoms with Crippen LogP contribution in [-0.2, 0) is 16.1 Å². The van der Waals surface area contributed by atoms with Crippen LogP contribution >= 0.6 is 11.3 Å². The second-order valence-electron chi connectivity index (χ2n) is 6.24. The van der Waals surface area contributed by atoms with Crippen LogP contribution in [0.15, 0.2) is 18.2 Å². The van der Waals surface area contributed by atoms with Crippen molar-refractivity contribution in [2.45, 2.75) is 26.9 Å². The normalized spacial score (nSPS) is 11.2. The van der Waals surface area contributed by atoms with Crippen LogP contribution in [0.1, 0.15) is 35.5 Å². The van der Waals surface area contributed by atoms with Crippen molar-refractivity contribution in [1.29, 1.82) is 0 Å². The third-order valence-electron chi connectivity index (χ3n) is 3.71. The van der Waals surface area contributed by atoms with Crippen molar-refractivity contribution >= 4 is 33.3 Å². The topological polar surface area (TPSA) is 66.8 Å². The lowest BCUT2D eigenvalue weighted by Gasteiger charge is -2.24. The Kier molecular flexibility index (Phi) is 6.50. The van der Waals surface area contributed by atoms with Gasteiger partial charge in [-0.25, -0.2) is 4.39 Å². The van der Waals surface area contributed by atoms with Gasteiger partial charge < -0.3 is 14.7 Å². The van der Waals surface area contributed by atoms with Crippen LogP contribution in [0.3, 0.4) is 0 Å². The molecule has 5 nitrogen and oxygen atoms in total. The average Bonchev–Trinajstić information content (AvgIpc) is 2.90. The summed E-state index contributed by atoms with van der Waals surface area (Å²) in [5.41, 5.74) is 0.523. The highest BCUT2D eigenvalue weighted by Gasteiger charge is 2.25. The Morgan fingerprint density at radius 1 is 1.36 bits per heavy atom. The van der Waals surface area contributed by atoms with Gasteiger partial charge in [0.2, 0.25) is 0 Å². The number of benzene rings is 1. The lowest BCUT2D eigenvalue weighted by molar-refractivity contribution is -0.137. The van der Waals surface area contributed by atoms with Gasteiger partial charge >= 0.3 is 5.97 Å². The van der Waals surface area contributed by atoms with Gasteiger partial charge in [-0.2, -0.15) is 0 Å². The van der Waals surface area contributed by atoms with Gasteiger partial charge in [-0.1, -0.05) is 19.9 Å². The molecule has 0 spiro atoms. The molecule has 0 radical (unpaired) electrons. The van der Waals surface area contributed by atoms with Crippen molar-refractivity contribution in [3.63, 3.8) is 0 Å². The maximum atomic E-state index is 14.3. The van der Waals surface area contributed by atoms with Crippen molar-refractivity contribution in [2.24, 2.45) is 5.92 Å². The number of amides is 1. The summed E-state index contributed by atoms with van der Waals surface area (Å²) in [5, 5.41) is 9.34. The highest BCUT2D eigenvalue weighted by molar-refractivity contribution is 7.21. The highest BCUT2D eigenvalue weighted by Crippen LogP contribution is 2.34. The SMILES string of the molecule is COCc1c(C(=O)N(CCC(=O)O)CC(C)C)sc2cccc(F)c12. The lowest BCUT2D eigenvalue weighted by atomic mass is 10.1. The van der Waals surface area contributed by atoms with E-state index in [1.54, 1.807) is 12.1 Å². The Morgan fingerprint density at radius 2 is 2.08 bits per heavy atom. The second kappa shape index (κ2) is 8.40. The fourth-order valence-corrected chi connectivity index (χ4v) is 3.90. The molecule has 25 heavy (non-hydrogen) atoms. The zero-order valence-electron chi connectivity index (χ0n) is 14.5. The number of hydrogen-bond donors (Lipinski definition) is 1. The summed E-state index contributed by atoms with van der Waals surface area (Å²) in [6.07, 6.45) is -0.128. The number of nitrogens with zero attached hydrogens (tertiary/aromatic N) is 1. The molecule has 0 unspecified atom stereocenters. The number of hydrogen-bond acceptors (Lipinski definition) is 4. The van der Waals surface area contributed by atoms with E-state index in [4.69, 9.17) is 9.84 Å². The van der Waals surface area contributed by atoms with Gasteiger partial charge in [0, 0.05) is 35.8 Å². The summed E-state index contributed by atoms with van der Waals surface area (Å²) < 4.78 is 20.1. The van der Waals surface area contributed by atoms with Crippen LogP contribution in [0.25, 0.3) is 10.1 Å². The standard InChI is InChI=1S/C18H22FNO4S/c1-11(2)9-20(8-7-15(21)22)18(23)17-12(10-24-3)16-13(19)5-4-6-14(16)25-17/h4-6,11H,7-10H2,1-3H3,(H,21,22). The monoisotopic (exact) mass is 367 g/mol. The molecule has 136 valence electrons. The predicted molar refractivity (Wildman–Crippen MR) is 95.5 cm³/mol. The van der Waals surface area contributed by atoms with E-state index < -0.39 is 5.97 Å². The number of methoxy groups -OCH3 is 1. The van der Waals surface area contributed by atoms with E-state index in [1.807, 2.05) is 13.8 Å². The predicted octanol–water partition coefficient (Wildman–Crippen LogP) is 3.76. The number of carbonyl (C=O) groups is 2. The molecule has 0 aliphatic carbocycles. The number of halogens is 1. The number of thiophene rings is 1. The molecule has 0 saturated heterocycles. The molecule has 7 heteroatoms. The number of aliphatic carboxylic acids is 1. The van der Waals surface area contributed by atoms with E-state index in [-0.39, 0.29) is 37.2 Å². The molecular formula is C18H22FNO4S. The van der Waals surface area contributed by atoms with Crippen molar-refractivity contribution in [2.75, 3.05) is 20.2 Å². The Bertz CT molecular complexity index is 772. The quantitative estimate of drug-likeness (QED) is 0.771. The fourth-order valence-electron chi connectivity index (χ4n) is 2.71. The summed E-state index contributed by atoms with van der Waals surface area (Å²) in [6.45, 7) is 4.60. The summed E-state index contributed by atoms with van der Waals surface area (Å²) in [5.74, 6) is -1.43. The Hall–Kier alpha value is -1.99. The zero-order chi connectivity index (χ0) is 18.6.